The molecule has 0 aromatic rings. The first-order valence-electron chi connectivity index (χ1n) is 6.19. The van der Waals surface area contributed by atoms with Gasteiger partial charge in [0.25, 0.3) is 0 Å². The average Bonchev–Trinajstić information content (AvgIpc) is 2.65. The summed E-state index contributed by atoms with van der Waals surface area (Å²) in [6, 6.07) is 0. The second-order valence-electron chi connectivity index (χ2n) is 6.08. The van der Waals surface area contributed by atoms with Crippen LogP contribution in [-0.4, -0.2) is 53.5 Å². The Bertz CT molecular complexity index is 393. The topological polar surface area (TPSA) is 63.0 Å². The van der Waals surface area contributed by atoms with Crippen molar-refractivity contribution in [3.8, 4) is 0 Å². The summed E-state index contributed by atoms with van der Waals surface area (Å²) in [5.41, 5.74) is -0.825. The van der Waals surface area contributed by atoms with Gasteiger partial charge in [-0.25, -0.2) is 0 Å². The van der Waals surface area contributed by atoms with Crippen molar-refractivity contribution in [1.29, 1.82) is 0 Å². The van der Waals surface area contributed by atoms with E-state index in [1.165, 1.54) is 6.21 Å². The number of hydroxylamine groups is 1. The minimum absolute atomic E-state index is 0.278. The van der Waals surface area contributed by atoms with E-state index in [9.17, 15) is 5.21 Å². The van der Waals surface area contributed by atoms with Crippen LogP contribution >= 0.6 is 0 Å². The van der Waals surface area contributed by atoms with Crippen molar-refractivity contribution in [1.82, 2.24) is 0 Å². The van der Waals surface area contributed by atoms with Gasteiger partial charge in [0, 0.05) is 0 Å². The van der Waals surface area contributed by atoms with Gasteiger partial charge in [-0.05, 0) is 27.7 Å². The molecule has 0 N–H and O–H groups in total. The summed E-state index contributed by atoms with van der Waals surface area (Å²) in [5, 5.41) is 12.1. The van der Waals surface area contributed by atoms with Gasteiger partial charge in [-0.15, -0.1) is 0 Å². The average molecular weight is 257 g/mol. The number of hydrogen-bond donors (Lipinski definition) is 0. The zero-order valence-electron chi connectivity index (χ0n) is 11.1. The van der Waals surface area contributed by atoms with Gasteiger partial charge < -0.3 is 24.2 Å². The quantitative estimate of drug-likeness (QED) is 0.470. The lowest BCUT2D eigenvalue weighted by Gasteiger charge is -2.41. The number of hydrogen-bond acceptors (Lipinski definition) is 5. The second kappa shape index (κ2) is 3.45. The molecule has 2 fully saturated rings. The van der Waals surface area contributed by atoms with Gasteiger partial charge in [-0.3, -0.25) is 0 Å². The van der Waals surface area contributed by atoms with E-state index < -0.39 is 17.1 Å². The summed E-state index contributed by atoms with van der Waals surface area (Å²) in [7, 11) is 0. The summed E-state index contributed by atoms with van der Waals surface area (Å²) >= 11 is 0. The van der Waals surface area contributed by atoms with E-state index in [0.29, 0.717) is 0 Å². The zero-order chi connectivity index (χ0) is 13.2. The fourth-order valence-electron chi connectivity index (χ4n) is 2.69. The van der Waals surface area contributed by atoms with Gasteiger partial charge in [0.2, 0.25) is 5.54 Å². The second-order valence-corrected chi connectivity index (χ2v) is 6.08. The van der Waals surface area contributed by atoms with Crippen LogP contribution in [0.3, 0.4) is 0 Å². The lowest BCUT2D eigenvalue weighted by molar-refractivity contribution is -0.579. The molecule has 6 nitrogen and oxygen atoms in total. The summed E-state index contributed by atoms with van der Waals surface area (Å²) < 4.78 is 23.7. The van der Waals surface area contributed by atoms with Crippen LogP contribution in [0.1, 0.15) is 27.7 Å². The maximum atomic E-state index is 12.1. The van der Waals surface area contributed by atoms with Crippen molar-refractivity contribution in [3.63, 3.8) is 0 Å². The van der Waals surface area contributed by atoms with Gasteiger partial charge >= 0.3 is 0 Å². The zero-order valence-corrected chi connectivity index (χ0v) is 11.1. The van der Waals surface area contributed by atoms with E-state index >= 15 is 0 Å². The predicted octanol–water partition coefficient (Wildman–Crippen LogP) is 0.623. The molecule has 0 bridgehead atoms. The fourth-order valence-corrected chi connectivity index (χ4v) is 2.69. The molecule has 1 spiro atoms. The Kier molecular flexibility index (Phi) is 2.36. The summed E-state index contributed by atoms with van der Waals surface area (Å²) in [5.74, 6) is -1.33. The van der Waals surface area contributed by atoms with Gasteiger partial charge in [-0.1, -0.05) is 0 Å². The minimum Gasteiger partial charge on any atom is -0.623 e. The van der Waals surface area contributed by atoms with E-state index in [-0.39, 0.29) is 25.4 Å². The largest absolute Gasteiger partial charge is 0.623 e. The maximum Gasteiger partial charge on any atom is 0.247 e. The van der Waals surface area contributed by atoms with Gasteiger partial charge in [0.05, 0.1) is 0 Å². The first-order chi connectivity index (χ1) is 8.24. The molecule has 3 heterocycles. The molecule has 2 atom stereocenters. The fraction of sp³-hybridized carbons (Fsp3) is 0.917. The molecule has 0 amide bonds. The molecular formula is C12H19NO5. The molecule has 3 aliphatic heterocycles. The normalized spacial score (nSPS) is 39.7. The van der Waals surface area contributed by atoms with Crippen LogP contribution < -0.4 is 0 Å². The standard InChI is InChI=1S/C12H19NO5/c1-10(2)15-6-12(7-16-10)9-8(5-13(12)14)17-11(3,4)18-9/h5,8-9H,6-7H2,1-4H3/t8-,9-/m1/s1. The summed E-state index contributed by atoms with van der Waals surface area (Å²) in [4.78, 5) is 0. The third-order valence-electron chi connectivity index (χ3n) is 3.72. The Morgan fingerprint density at radius 2 is 1.67 bits per heavy atom. The molecule has 0 radical (unpaired) electrons. The summed E-state index contributed by atoms with van der Waals surface area (Å²) in [6.45, 7) is 7.91. The van der Waals surface area contributed by atoms with Gasteiger partial charge in [0.1, 0.15) is 13.2 Å². The highest BCUT2D eigenvalue weighted by molar-refractivity contribution is 5.63. The van der Waals surface area contributed by atoms with Crippen LogP contribution in [0.2, 0.25) is 0 Å². The molecule has 3 rings (SSSR count). The Balaban J connectivity index is 1.87. The van der Waals surface area contributed by atoms with Crippen molar-refractivity contribution in [2.45, 2.75) is 57.0 Å². The van der Waals surface area contributed by atoms with Crippen molar-refractivity contribution < 1.29 is 23.7 Å². The molecule has 3 aliphatic rings. The van der Waals surface area contributed by atoms with E-state index in [2.05, 4.69) is 0 Å². The van der Waals surface area contributed by atoms with Crippen LogP contribution in [0.4, 0.5) is 0 Å². The third kappa shape index (κ3) is 1.67. The first kappa shape index (κ1) is 12.3. The van der Waals surface area contributed by atoms with Crippen LogP contribution in [0.25, 0.3) is 0 Å². The lowest BCUT2D eigenvalue weighted by atomic mass is 9.93. The van der Waals surface area contributed by atoms with Crippen molar-refractivity contribution in [3.05, 3.63) is 5.21 Å². The molecule has 0 saturated carbocycles. The van der Waals surface area contributed by atoms with Gasteiger partial charge in [0.15, 0.2) is 30.0 Å². The molecule has 2 saturated heterocycles. The monoisotopic (exact) mass is 257 g/mol. The SMILES string of the molecule is CC1(C)OCC2(CO1)[C@@H]1OC(C)(C)O[C@@H]1C=[N+]2[O-]. The van der Waals surface area contributed by atoms with E-state index in [0.717, 1.165) is 4.74 Å². The van der Waals surface area contributed by atoms with Gasteiger partial charge in [-0.2, -0.15) is 4.74 Å². The molecule has 18 heavy (non-hydrogen) atoms. The maximum absolute atomic E-state index is 12.1. The lowest BCUT2D eigenvalue weighted by Crippen LogP contribution is -2.61. The Morgan fingerprint density at radius 1 is 1.06 bits per heavy atom. The highest BCUT2D eigenvalue weighted by atomic mass is 16.8. The summed E-state index contributed by atoms with van der Waals surface area (Å²) in [6.07, 6.45) is 0.844. The van der Waals surface area contributed by atoms with Crippen LogP contribution in [0.15, 0.2) is 0 Å². The molecule has 0 aromatic heterocycles. The van der Waals surface area contributed by atoms with Crippen molar-refractivity contribution >= 4 is 6.21 Å². The predicted molar refractivity (Wildman–Crippen MR) is 62.2 cm³/mol. The van der Waals surface area contributed by atoms with Crippen molar-refractivity contribution in [2.75, 3.05) is 13.2 Å². The molecule has 102 valence electrons. The molecule has 0 aliphatic carbocycles. The minimum atomic E-state index is -0.825. The molecule has 0 unspecified atom stereocenters. The molecular weight excluding hydrogens is 238 g/mol. The number of ether oxygens (including phenoxy) is 4. The van der Waals surface area contributed by atoms with E-state index in [1.807, 2.05) is 27.7 Å². The smallest absolute Gasteiger partial charge is 0.247 e. The van der Waals surface area contributed by atoms with Crippen LogP contribution in [-0.2, 0) is 18.9 Å². The third-order valence-corrected chi connectivity index (χ3v) is 3.72. The van der Waals surface area contributed by atoms with E-state index in [4.69, 9.17) is 18.9 Å². The van der Waals surface area contributed by atoms with Crippen molar-refractivity contribution in [2.24, 2.45) is 0 Å². The van der Waals surface area contributed by atoms with E-state index in [1.54, 1.807) is 0 Å². The molecule has 0 aromatic carbocycles. The Hall–Kier alpha value is -0.690. The number of fused-ring (bicyclic) bond motifs is 2. The number of nitrogens with zero attached hydrogens (tertiary/aromatic N) is 1. The molecule has 6 heteroatoms. The first-order valence-corrected chi connectivity index (χ1v) is 6.19. The van der Waals surface area contributed by atoms with Crippen LogP contribution in [0.5, 0.6) is 0 Å². The highest BCUT2D eigenvalue weighted by Gasteiger charge is 2.65. The van der Waals surface area contributed by atoms with Crippen LogP contribution in [0, 0.1) is 5.21 Å². The Morgan fingerprint density at radius 3 is 2.28 bits per heavy atom. The Labute approximate surface area is 106 Å². The highest BCUT2D eigenvalue weighted by Crippen LogP contribution is 2.41. The number of rotatable bonds is 0.